The summed E-state index contributed by atoms with van der Waals surface area (Å²) in [6.45, 7) is 0. The third kappa shape index (κ3) is 15.3. The fourth-order valence-electron chi connectivity index (χ4n) is 18.0. The first-order valence-corrected chi connectivity index (χ1v) is 45.1. The number of hydrogen-bond donors (Lipinski definition) is 0. The first-order chi connectivity index (χ1) is 65.0. The molecule has 0 saturated heterocycles. The van der Waals surface area contributed by atoms with E-state index in [4.69, 9.17) is 42.6 Å². The molecule has 0 unspecified atom stereocenters. The van der Waals surface area contributed by atoms with Gasteiger partial charge in [-0.3, -0.25) is 0 Å². The molecule has 17 aromatic carbocycles. The second kappa shape index (κ2) is 35.6. The number of para-hydroxylation sites is 6. The average molecular weight is 1720 g/mol. The van der Waals surface area contributed by atoms with E-state index >= 15 is 0 Å². The van der Waals surface area contributed by atoms with Crippen molar-refractivity contribution in [2.75, 3.05) is 0 Å². The Kier molecular flexibility index (Phi) is 21.7. The van der Waals surface area contributed by atoms with Gasteiger partial charge in [0.1, 0.15) is 39.9 Å². The van der Waals surface area contributed by atoms with Crippen LogP contribution in [0.25, 0.3) is 223 Å². The van der Waals surface area contributed by atoms with Gasteiger partial charge in [-0.15, -0.1) is 0 Å². The van der Waals surface area contributed by atoms with Gasteiger partial charge in [0.05, 0.1) is 27.8 Å². The Bertz CT molecular complexity index is 8390. The summed E-state index contributed by atoms with van der Waals surface area (Å²) in [6.07, 6.45) is 0. The van der Waals surface area contributed by atoms with Gasteiger partial charge in [0, 0.05) is 104 Å². The number of fused-ring (bicyclic) bond motifs is 11. The molecule has 0 saturated carbocycles. The highest BCUT2D eigenvalue weighted by atomic mass is 31.1. The van der Waals surface area contributed by atoms with Crippen molar-refractivity contribution in [3.05, 3.63) is 467 Å². The standard InChI is InChI=1S/C43H27N3O.C41H28NOP.C36H22N2O2.H2O/c1-4-14-29(15-5-1)40-42-38(33-20-10-12-22-35(33)44-40)37(41(47-42)31-16-6-2-7-17-31)28-24-26-30(27-25-28)39-34-21-11-13-23-36(34)45-43(46-39)32-18-8-3-9-19-32;1-5-15-30(16-6-1)39-41-38(35-23-13-14-24-36(35)42-39)37(40(43-41)31-17-7-2-8-18-31)29-25-27-34(28-26-29)44(32-19-9-3-10-20-32)33-21-11-4-12-22-33;1-3-11-24(12-4-1)33-35-32(27-15-7-8-16-28(27)37-33)31(34(40-35)25-13-5-2-6-14-25)23-19-21-26(22-20-23)36-38-29-17-9-10-18-30(29)39-36;/h1-27H;1-28H;1-22H;1H2. The minimum atomic E-state index is -0.699. The van der Waals surface area contributed by atoms with Gasteiger partial charge in [0.2, 0.25) is 5.89 Å². The van der Waals surface area contributed by atoms with Gasteiger partial charge in [0.15, 0.2) is 28.2 Å². The molecule has 12 heteroatoms. The van der Waals surface area contributed by atoms with Gasteiger partial charge in [-0.25, -0.2) is 29.9 Å². The fraction of sp³-hybridized carbons (Fsp3) is 0. The van der Waals surface area contributed by atoms with E-state index in [2.05, 4.69) is 333 Å². The largest absolute Gasteiger partial charge is 0.453 e. The summed E-state index contributed by atoms with van der Waals surface area (Å²) in [5.74, 6) is 3.82. The molecule has 11 nitrogen and oxygen atoms in total. The predicted octanol–water partition coefficient (Wildman–Crippen LogP) is 30.0. The molecule has 0 amide bonds. The highest BCUT2D eigenvalue weighted by Crippen LogP contribution is 2.52. The third-order valence-electron chi connectivity index (χ3n) is 24.1. The van der Waals surface area contributed by atoms with Crippen molar-refractivity contribution in [1.82, 2.24) is 29.9 Å². The van der Waals surface area contributed by atoms with Crippen molar-refractivity contribution in [1.29, 1.82) is 0 Å². The van der Waals surface area contributed by atoms with Crippen molar-refractivity contribution in [2.45, 2.75) is 0 Å². The summed E-state index contributed by atoms with van der Waals surface area (Å²) in [5.41, 5.74) is 26.6. The molecule has 0 atom stereocenters. The number of pyridine rings is 3. The van der Waals surface area contributed by atoms with Crippen LogP contribution in [0.2, 0.25) is 0 Å². The molecule has 8 heterocycles. The Balaban J connectivity index is 0.000000116. The van der Waals surface area contributed by atoms with Crippen molar-refractivity contribution in [2.24, 2.45) is 0 Å². The van der Waals surface area contributed by atoms with Gasteiger partial charge in [-0.05, 0) is 89.1 Å². The van der Waals surface area contributed by atoms with E-state index in [1.807, 2.05) is 140 Å². The van der Waals surface area contributed by atoms with Crippen molar-refractivity contribution in [3.63, 3.8) is 0 Å². The van der Waals surface area contributed by atoms with E-state index < -0.39 is 7.92 Å². The lowest BCUT2D eigenvalue weighted by Crippen LogP contribution is -2.20. The number of furan rings is 3. The van der Waals surface area contributed by atoms with Gasteiger partial charge in [0.25, 0.3) is 0 Å². The first-order valence-electron chi connectivity index (χ1n) is 43.8. The molecule has 0 radical (unpaired) electrons. The minimum Gasteiger partial charge on any atom is -0.453 e. The van der Waals surface area contributed by atoms with Crippen LogP contribution in [0.3, 0.4) is 0 Å². The van der Waals surface area contributed by atoms with Crippen LogP contribution in [0.5, 0.6) is 0 Å². The summed E-state index contributed by atoms with van der Waals surface area (Å²) in [6, 6.07) is 161. The number of benzene rings is 17. The summed E-state index contributed by atoms with van der Waals surface area (Å²) in [5, 5.41) is 11.4. The summed E-state index contributed by atoms with van der Waals surface area (Å²) < 4.78 is 26.6. The Labute approximate surface area is 761 Å². The predicted molar refractivity (Wildman–Crippen MR) is 543 cm³/mol. The lowest BCUT2D eigenvalue weighted by molar-refractivity contribution is 0.620. The third-order valence-corrected chi connectivity index (χ3v) is 26.5. The molecule has 25 rings (SSSR count). The highest BCUT2D eigenvalue weighted by molar-refractivity contribution is 7.79. The molecule has 25 aromatic rings. The monoisotopic (exact) mass is 1710 g/mol. The molecular weight excluding hydrogens is 1640 g/mol. The summed E-state index contributed by atoms with van der Waals surface area (Å²) in [4.78, 5) is 30.0. The van der Waals surface area contributed by atoms with Crippen molar-refractivity contribution >= 4 is 111 Å². The second-order valence-corrected chi connectivity index (χ2v) is 34.4. The quantitative estimate of drug-likeness (QED) is 0.0903. The van der Waals surface area contributed by atoms with E-state index in [0.717, 1.165) is 211 Å². The number of aromatic nitrogens is 6. The van der Waals surface area contributed by atoms with Gasteiger partial charge in [-0.1, -0.05) is 419 Å². The maximum absolute atomic E-state index is 6.89. The minimum absolute atomic E-state index is 0. The van der Waals surface area contributed by atoms with Gasteiger partial charge in [-0.2, -0.15) is 0 Å². The van der Waals surface area contributed by atoms with Crippen molar-refractivity contribution < 1.29 is 23.1 Å². The normalized spacial score (nSPS) is 11.3. The van der Waals surface area contributed by atoms with Crippen molar-refractivity contribution in [3.8, 4) is 135 Å². The summed E-state index contributed by atoms with van der Waals surface area (Å²) in [7, 11) is -0.699. The zero-order valence-corrected chi connectivity index (χ0v) is 72.1. The topological polar surface area (TPSA) is 161 Å². The molecule has 0 aliphatic heterocycles. The smallest absolute Gasteiger partial charge is 0.227 e. The van der Waals surface area contributed by atoms with Crippen LogP contribution >= 0.6 is 7.92 Å². The molecule has 0 aliphatic rings. The molecule has 2 N–H and O–H groups in total. The SMILES string of the molecule is O.c1ccc(-c2nc(-c3ccc(-c4c(-c5ccccc5)oc5c(-c6ccccc6)nc6ccccc6c45)cc3)c3ccccc3n2)cc1.c1ccc(-c2oc3c(-c4ccccc4)nc4ccccc4c3c2-c2ccc(-c3nc4ccccc4o3)cc2)cc1.c1ccc(-c2oc3c(-c4ccccc4)nc4ccccc4c3c2-c2ccc(P(c3ccccc3)c3ccccc3)cc2)cc1. The average Bonchev–Trinajstić information content (AvgIpc) is 1.58. The molecule has 0 spiro atoms. The van der Waals surface area contributed by atoms with E-state index in [-0.39, 0.29) is 5.48 Å². The fourth-order valence-corrected chi connectivity index (χ4v) is 20.2. The maximum atomic E-state index is 6.89. The van der Waals surface area contributed by atoms with Gasteiger partial charge >= 0.3 is 0 Å². The van der Waals surface area contributed by atoms with Crippen LogP contribution < -0.4 is 15.9 Å². The molecule has 0 fully saturated rings. The number of nitrogens with zero attached hydrogens (tertiary/aromatic N) is 6. The highest BCUT2D eigenvalue weighted by Gasteiger charge is 2.30. The molecule has 0 aliphatic carbocycles. The molecule has 624 valence electrons. The molecule has 132 heavy (non-hydrogen) atoms. The molecule has 0 bridgehead atoms. The number of oxazole rings is 1. The van der Waals surface area contributed by atoms with Crippen LogP contribution in [0.4, 0.5) is 0 Å². The van der Waals surface area contributed by atoms with E-state index in [1.54, 1.807) is 0 Å². The molecule has 8 aromatic heterocycles. The van der Waals surface area contributed by atoms with Crippen LogP contribution in [0, 0.1) is 0 Å². The number of rotatable bonds is 15. The Morgan fingerprint density at radius 1 is 0.174 bits per heavy atom. The second-order valence-electron chi connectivity index (χ2n) is 32.1. The maximum Gasteiger partial charge on any atom is 0.227 e. The van der Waals surface area contributed by atoms with Crippen LogP contribution in [-0.4, -0.2) is 35.4 Å². The van der Waals surface area contributed by atoms with E-state index in [0.29, 0.717) is 11.7 Å². The van der Waals surface area contributed by atoms with Crippen LogP contribution in [0.15, 0.2) is 485 Å². The zero-order chi connectivity index (χ0) is 86.9. The first kappa shape index (κ1) is 80.6. The van der Waals surface area contributed by atoms with E-state index in [9.17, 15) is 0 Å². The summed E-state index contributed by atoms with van der Waals surface area (Å²) >= 11 is 0. The Hall–Kier alpha value is -17.2. The van der Waals surface area contributed by atoms with E-state index in [1.165, 1.54) is 15.9 Å². The Morgan fingerprint density at radius 2 is 0.439 bits per heavy atom. The van der Waals surface area contributed by atoms with Crippen LogP contribution in [0.1, 0.15) is 0 Å². The lowest BCUT2D eigenvalue weighted by Gasteiger charge is -2.19. The Morgan fingerprint density at radius 3 is 0.803 bits per heavy atom. The zero-order valence-electron chi connectivity index (χ0n) is 71.2. The lowest BCUT2D eigenvalue weighted by atomic mass is 9.94. The number of hydrogen-bond acceptors (Lipinski definition) is 10. The van der Waals surface area contributed by atoms with Crippen LogP contribution in [-0.2, 0) is 0 Å². The van der Waals surface area contributed by atoms with Gasteiger partial charge < -0.3 is 23.1 Å². The molecular formula is C120H79N6O5P.